The van der Waals surface area contributed by atoms with E-state index in [1.807, 2.05) is 34.1 Å². The number of piperazine rings is 1. The number of rotatable bonds is 4. The molecule has 0 saturated carbocycles. The molecule has 1 saturated heterocycles. The number of benzene rings is 1. The summed E-state index contributed by atoms with van der Waals surface area (Å²) in [7, 11) is 1.64. The molecule has 2 aromatic rings. The standard InChI is InChI=1S/C17H18ClN3O2/c1-23-14-6-4-13(5-7-14)11-20-9-10-21(12-16(20)22)17-15(18)3-2-8-19-17/h2-8H,9-12H2,1H3. The third kappa shape index (κ3) is 3.56. The van der Waals surface area contributed by atoms with Crippen LogP contribution in [0.5, 0.6) is 5.75 Å². The van der Waals surface area contributed by atoms with Crippen LogP contribution in [-0.2, 0) is 11.3 Å². The summed E-state index contributed by atoms with van der Waals surface area (Å²) < 4.78 is 5.15. The van der Waals surface area contributed by atoms with Crippen molar-refractivity contribution in [3.63, 3.8) is 0 Å². The highest BCUT2D eigenvalue weighted by Gasteiger charge is 2.25. The second kappa shape index (κ2) is 6.87. The third-order valence-electron chi connectivity index (χ3n) is 3.89. The van der Waals surface area contributed by atoms with Gasteiger partial charge in [0, 0.05) is 25.8 Å². The summed E-state index contributed by atoms with van der Waals surface area (Å²) in [6.07, 6.45) is 1.69. The summed E-state index contributed by atoms with van der Waals surface area (Å²) in [4.78, 5) is 20.5. The van der Waals surface area contributed by atoms with Crippen molar-refractivity contribution in [2.45, 2.75) is 6.54 Å². The quantitative estimate of drug-likeness (QED) is 0.864. The Kier molecular flexibility index (Phi) is 4.67. The van der Waals surface area contributed by atoms with E-state index in [-0.39, 0.29) is 5.91 Å². The molecule has 120 valence electrons. The van der Waals surface area contributed by atoms with Crippen LogP contribution in [-0.4, -0.2) is 42.5 Å². The van der Waals surface area contributed by atoms with Gasteiger partial charge in [-0.1, -0.05) is 23.7 Å². The van der Waals surface area contributed by atoms with Crippen LogP contribution in [0.3, 0.4) is 0 Å². The number of methoxy groups -OCH3 is 1. The minimum absolute atomic E-state index is 0.0776. The fraction of sp³-hybridized carbons (Fsp3) is 0.294. The minimum atomic E-state index is 0.0776. The highest BCUT2D eigenvalue weighted by atomic mass is 35.5. The lowest BCUT2D eigenvalue weighted by Crippen LogP contribution is -2.50. The van der Waals surface area contributed by atoms with E-state index < -0.39 is 0 Å². The number of carbonyl (C=O) groups is 1. The molecule has 2 heterocycles. The van der Waals surface area contributed by atoms with E-state index in [0.717, 1.165) is 17.9 Å². The van der Waals surface area contributed by atoms with Gasteiger partial charge in [-0.05, 0) is 29.8 Å². The van der Waals surface area contributed by atoms with Crippen LogP contribution in [0.1, 0.15) is 5.56 Å². The number of nitrogens with zero attached hydrogens (tertiary/aromatic N) is 3. The van der Waals surface area contributed by atoms with Crippen LogP contribution >= 0.6 is 11.6 Å². The van der Waals surface area contributed by atoms with Crippen LogP contribution in [0.4, 0.5) is 5.82 Å². The molecule has 0 aliphatic carbocycles. The van der Waals surface area contributed by atoms with Crippen LogP contribution in [0.25, 0.3) is 0 Å². The molecule has 1 amide bonds. The average molecular weight is 332 g/mol. The number of hydrogen-bond acceptors (Lipinski definition) is 4. The Balaban J connectivity index is 1.64. The van der Waals surface area contributed by atoms with E-state index in [1.54, 1.807) is 25.4 Å². The minimum Gasteiger partial charge on any atom is -0.497 e. The molecule has 0 N–H and O–H groups in total. The number of hydrogen-bond donors (Lipinski definition) is 0. The molecule has 1 aromatic carbocycles. The van der Waals surface area contributed by atoms with Gasteiger partial charge in [0.2, 0.25) is 5.91 Å². The van der Waals surface area contributed by atoms with Crippen molar-refractivity contribution in [3.8, 4) is 5.75 Å². The second-order valence-electron chi connectivity index (χ2n) is 5.39. The van der Waals surface area contributed by atoms with Gasteiger partial charge in [0.1, 0.15) is 11.6 Å². The van der Waals surface area contributed by atoms with Crippen molar-refractivity contribution in [1.29, 1.82) is 0 Å². The Hall–Kier alpha value is -2.27. The SMILES string of the molecule is COc1ccc(CN2CCN(c3ncccc3Cl)CC2=O)cc1. The first kappa shape index (κ1) is 15.6. The van der Waals surface area contributed by atoms with E-state index in [9.17, 15) is 4.79 Å². The van der Waals surface area contributed by atoms with E-state index in [1.165, 1.54) is 0 Å². The van der Waals surface area contributed by atoms with Crippen LogP contribution < -0.4 is 9.64 Å². The molecular formula is C17H18ClN3O2. The molecule has 1 aliphatic heterocycles. The Morgan fingerprint density at radius 1 is 1.22 bits per heavy atom. The molecule has 0 bridgehead atoms. The van der Waals surface area contributed by atoms with Gasteiger partial charge in [-0.25, -0.2) is 4.98 Å². The molecule has 1 fully saturated rings. The Labute approximate surface area is 140 Å². The maximum Gasteiger partial charge on any atom is 0.242 e. The topological polar surface area (TPSA) is 45.7 Å². The summed E-state index contributed by atoms with van der Waals surface area (Å²) in [6, 6.07) is 11.3. The molecule has 5 nitrogen and oxygen atoms in total. The fourth-order valence-electron chi connectivity index (χ4n) is 2.62. The highest BCUT2D eigenvalue weighted by molar-refractivity contribution is 6.33. The number of ether oxygens (including phenoxy) is 1. The first-order chi connectivity index (χ1) is 11.2. The average Bonchev–Trinajstić information content (AvgIpc) is 2.58. The fourth-order valence-corrected chi connectivity index (χ4v) is 2.86. The monoisotopic (exact) mass is 331 g/mol. The molecule has 0 unspecified atom stereocenters. The Morgan fingerprint density at radius 2 is 2.00 bits per heavy atom. The van der Waals surface area contributed by atoms with Gasteiger partial charge in [-0.2, -0.15) is 0 Å². The molecule has 6 heteroatoms. The molecule has 0 radical (unpaired) electrons. The largest absolute Gasteiger partial charge is 0.497 e. The van der Waals surface area contributed by atoms with Gasteiger partial charge in [0.15, 0.2) is 0 Å². The van der Waals surface area contributed by atoms with Gasteiger partial charge in [0.25, 0.3) is 0 Å². The van der Waals surface area contributed by atoms with Crippen molar-refractivity contribution in [1.82, 2.24) is 9.88 Å². The smallest absolute Gasteiger partial charge is 0.242 e. The molecule has 0 atom stereocenters. The van der Waals surface area contributed by atoms with Crippen LogP contribution in [0, 0.1) is 0 Å². The van der Waals surface area contributed by atoms with Crippen LogP contribution in [0.15, 0.2) is 42.6 Å². The zero-order valence-electron chi connectivity index (χ0n) is 12.9. The lowest BCUT2D eigenvalue weighted by atomic mass is 10.2. The summed E-state index contributed by atoms with van der Waals surface area (Å²) in [6.45, 7) is 2.27. The van der Waals surface area contributed by atoms with Crippen LogP contribution in [0.2, 0.25) is 5.02 Å². The normalized spacial score (nSPS) is 15.0. The van der Waals surface area contributed by atoms with Gasteiger partial charge >= 0.3 is 0 Å². The van der Waals surface area contributed by atoms with Gasteiger partial charge in [-0.15, -0.1) is 0 Å². The molecule has 3 rings (SSSR count). The van der Waals surface area contributed by atoms with E-state index in [2.05, 4.69) is 4.98 Å². The maximum atomic E-state index is 12.4. The zero-order valence-corrected chi connectivity index (χ0v) is 13.7. The van der Waals surface area contributed by atoms with Crippen molar-refractivity contribution >= 4 is 23.3 Å². The van der Waals surface area contributed by atoms with Crippen molar-refractivity contribution in [3.05, 3.63) is 53.2 Å². The predicted octanol–water partition coefficient (Wildman–Crippen LogP) is 2.59. The molecule has 1 aromatic heterocycles. The lowest BCUT2D eigenvalue weighted by molar-refractivity contribution is -0.131. The van der Waals surface area contributed by atoms with Crippen molar-refractivity contribution in [2.75, 3.05) is 31.6 Å². The summed E-state index contributed by atoms with van der Waals surface area (Å²) in [5.74, 6) is 1.56. The first-order valence-electron chi connectivity index (χ1n) is 7.43. The second-order valence-corrected chi connectivity index (χ2v) is 5.80. The highest BCUT2D eigenvalue weighted by Crippen LogP contribution is 2.24. The van der Waals surface area contributed by atoms with Gasteiger partial charge in [-0.3, -0.25) is 4.79 Å². The predicted molar refractivity (Wildman–Crippen MR) is 89.9 cm³/mol. The maximum absolute atomic E-state index is 12.4. The number of anilines is 1. The Morgan fingerprint density at radius 3 is 2.65 bits per heavy atom. The van der Waals surface area contributed by atoms with Gasteiger partial charge in [0.05, 0.1) is 18.7 Å². The third-order valence-corrected chi connectivity index (χ3v) is 4.18. The summed E-state index contributed by atoms with van der Waals surface area (Å²) in [5, 5.41) is 0.573. The zero-order chi connectivity index (χ0) is 16.2. The van der Waals surface area contributed by atoms with E-state index in [4.69, 9.17) is 16.3 Å². The number of aromatic nitrogens is 1. The lowest BCUT2D eigenvalue weighted by Gasteiger charge is -2.35. The number of pyridine rings is 1. The first-order valence-corrected chi connectivity index (χ1v) is 7.81. The van der Waals surface area contributed by atoms with Crippen molar-refractivity contribution < 1.29 is 9.53 Å². The number of carbonyl (C=O) groups excluding carboxylic acids is 1. The van der Waals surface area contributed by atoms with E-state index >= 15 is 0 Å². The number of amides is 1. The van der Waals surface area contributed by atoms with Gasteiger partial charge < -0.3 is 14.5 Å². The number of halogens is 1. The summed E-state index contributed by atoms with van der Waals surface area (Å²) in [5.41, 5.74) is 1.09. The molecule has 23 heavy (non-hydrogen) atoms. The van der Waals surface area contributed by atoms with E-state index in [0.29, 0.717) is 30.5 Å². The molecule has 0 spiro atoms. The molecular weight excluding hydrogens is 314 g/mol. The Bertz CT molecular complexity index is 690. The molecule has 1 aliphatic rings. The van der Waals surface area contributed by atoms with Crippen molar-refractivity contribution in [2.24, 2.45) is 0 Å². The summed E-state index contributed by atoms with van der Waals surface area (Å²) >= 11 is 6.16.